The van der Waals surface area contributed by atoms with Crippen LogP contribution in [0, 0.1) is 11.3 Å². The summed E-state index contributed by atoms with van der Waals surface area (Å²) in [6.45, 7) is 0.147. The van der Waals surface area contributed by atoms with Crippen molar-refractivity contribution in [3.63, 3.8) is 0 Å². The molecule has 0 atom stereocenters. The summed E-state index contributed by atoms with van der Waals surface area (Å²) < 4.78 is 10.9. The third-order valence-corrected chi connectivity index (χ3v) is 4.03. The summed E-state index contributed by atoms with van der Waals surface area (Å²) in [6, 6.07) is 18.5. The molecule has 2 aromatic carbocycles. The van der Waals surface area contributed by atoms with E-state index >= 15 is 0 Å². The molecule has 0 saturated heterocycles. The number of anilines is 2. The minimum atomic E-state index is -0.0122. The molecule has 0 spiro atoms. The molecule has 2 aromatic heterocycles. The van der Waals surface area contributed by atoms with E-state index in [0.717, 1.165) is 0 Å². The molecule has 9 heteroatoms. The molecule has 4 rings (SSSR count). The molecule has 4 aromatic rings. The highest BCUT2D eigenvalue weighted by atomic mass is 16.5. The first-order chi connectivity index (χ1) is 14.1. The van der Waals surface area contributed by atoms with Gasteiger partial charge in [-0.1, -0.05) is 41.6 Å². The van der Waals surface area contributed by atoms with Gasteiger partial charge in [-0.3, -0.25) is 0 Å². The highest BCUT2D eigenvalue weighted by molar-refractivity contribution is 5.76. The second kappa shape index (κ2) is 7.66. The Morgan fingerprint density at radius 2 is 1.76 bits per heavy atom. The molecule has 0 fully saturated rings. The molecular weight excluding hydrogens is 370 g/mol. The van der Waals surface area contributed by atoms with Gasteiger partial charge in [0.2, 0.25) is 11.8 Å². The van der Waals surface area contributed by atoms with Crippen molar-refractivity contribution in [3.05, 3.63) is 66.1 Å². The van der Waals surface area contributed by atoms with Gasteiger partial charge in [-0.05, 0) is 18.2 Å². The van der Waals surface area contributed by atoms with Crippen LogP contribution in [0.5, 0.6) is 5.75 Å². The number of rotatable bonds is 5. The van der Waals surface area contributed by atoms with E-state index in [1.54, 1.807) is 18.2 Å². The Balaban J connectivity index is 1.61. The Labute approximate surface area is 165 Å². The van der Waals surface area contributed by atoms with E-state index in [9.17, 15) is 5.26 Å². The lowest BCUT2D eigenvalue weighted by Gasteiger charge is -2.07. The van der Waals surface area contributed by atoms with Crippen molar-refractivity contribution in [3.8, 4) is 34.5 Å². The molecular formula is C20H15N7O2. The number of nitriles is 1. The van der Waals surface area contributed by atoms with Crippen molar-refractivity contribution in [1.29, 1.82) is 5.26 Å². The lowest BCUT2D eigenvalue weighted by molar-refractivity contribution is 0.243. The third kappa shape index (κ3) is 3.81. The summed E-state index contributed by atoms with van der Waals surface area (Å²) in [5.74, 6) is 1.44. The molecule has 2 heterocycles. The van der Waals surface area contributed by atoms with Crippen LogP contribution < -0.4 is 16.2 Å². The average molecular weight is 385 g/mol. The second-order valence-electron chi connectivity index (χ2n) is 6.00. The van der Waals surface area contributed by atoms with Gasteiger partial charge in [-0.25, -0.2) is 4.98 Å². The van der Waals surface area contributed by atoms with Gasteiger partial charge in [-0.2, -0.15) is 15.2 Å². The molecule has 0 bridgehead atoms. The Morgan fingerprint density at radius 1 is 0.966 bits per heavy atom. The Hall–Kier alpha value is -4.45. The number of hydrogen-bond donors (Lipinski definition) is 2. The van der Waals surface area contributed by atoms with Crippen molar-refractivity contribution in [2.24, 2.45) is 0 Å². The van der Waals surface area contributed by atoms with Crippen LogP contribution in [0.3, 0.4) is 0 Å². The normalized spacial score (nSPS) is 10.4. The molecule has 0 radical (unpaired) electrons. The van der Waals surface area contributed by atoms with E-state index in [1.165, 1.54) is 0 Å². The lowest BCUT2D eigenvalue weighted by Crippen LogP contribution is -2.05. The maximum atomic E-state index is 9.39. The summed E-state index contributed by atoms with van der Waals surface area (Å²) in [6.07, 6.45) is 0. The van der Waals surface area contributed by atoms with Crippen LogP contribution >= 0.6 is 0 Å². The van der Waals surface area contributed by atoms with Gasteiger partial charge in [0.05, 0.1) is 5.69 Å². The fourth-order valence-corrected chi connectivity index (χ4v) is 2.71. The van der Waals surface area contributed by atoms with Gasteiger partial charge < -0.3 is 20.7 Å². The van der Waals surface area contributed by atoms with Crippen LogP contribution in [0.1, 0.15) is 11.5 Å². The zero-order chi connectivity index (χ0) is 20.2. The summed E-state index contributed by atoms with van der Waals surface area (Å²) in [5.41, 5.74) is 13.3. The summed E-state index contributed by atoms with van der Waals surface area (Å²) >= 11 is 0. The number of benzene rings is 2. The van der Waals surface area contributed by atoms with Crippen molar-refractivity contribution in [2.45, 2.75) is 6.61 Å². The Kier molecular flexibility index (Phi) is 4.74. The lowest BCUT2D eigenvalue weighted by atomic mass is 10.0. The molecule has 0 aliphatic carbocycles. The van der Waals surface area contributed by atoms with Gasteiger partial charge in [-0.15, -0.1) is 0 Å². The quantitative estimate of drug-likeness (QED) is 0.528. The summed E-state index contributed by atoms with van der Waals surface area (Å²) in [5, 5.41) is 13.4. The Bertz CT molecular complexity index is 1200. The second-order valence-corrected chi connectivity index (χ2v) is 6.00. The number of aromatic nitrogens is 4. The van der Waals surface area contributed by atoms with E-state index < -0.39 is 0 Å². The Morgan fingerprint density at radius 3 is 2.55 bits per heavy atom. The molecule has 9 nitrogen and oxygen atoms in total. The maximum absolute atomic E-state index is 9.39. The minimum Gasteiger partial charge on any atom is -0.484 e. The van der Waals surface area contributed by atoms with Crippen LogP contribution in [0.15, 0.2) is 59.1 Å². The van der Waals surface area contributed by atoms with Crippen LogP contribution in [-0.4, -0.2) is 20.1 Å². The number of nitrogens with two attached hydrogens (primary N) is 2. The first-order valence-corrected chi connectivity index (χ1v) is 8.58. The predicted octanol–water partition coefficient (Wildman–Crippen LogP) is 2.81. The largest absolute Gasteiger partial charge is 0.484 e. The van der Waals surface area contributed by atoms with E-state index in [-0.39, 0.29) is 23.9 Å². The van der Waals surface area contributed by atoms with Crippen molar-refractivity contribution < 1.29 is 9.26 Å². The fraction of sp³-hybridized carbons (Fsp3) is 0.0500. The molecule has 0 unspecified atom stereocenters. The maximum Gasteiger partial charge on any atom is 0.264 e. The molecule has 4 N–H and O–H groups in total. The van der Waals surface area contributed by atoms with Crippen LogP contribution in [0.2, 0.25) is 0 Å². The predicted molar refractivity (Wildman–Crippen MR) is 105 cm³/mol. The molecule has 142 valence electrons. The highest BCUT2D eigenvalue weighted by Gasteiger charge is 2.15. The van der Waals surface area contributed by atoms with Crippen molar-refractivity contribution in [2.75, 3.05) is 11.5 Å². The van der Waals surface area contributed by atoms with Gasteiger partial charge in [0.25, 0.3) is 5.89 Å². The van der Waals surface area contributed by atoms with Crippen LogP contribution in [0.25, 0.3) is 22.6 Å². The number of hydrogen-bond acceptors (Lipinski definition) is 9. The molecule has 29 heavy (non-hydrogen) atoms. The SMILES string of the molecule is N#Cc1c(N)nc(N)nc1-c1cccc(-c2noc(COc3ccccc3)n2)c1. The molecule has 0 aliphatic rings. The van der Waals surface area contributed by atoms with E-state index in [0.29, 0.717) is 34.3 Å². The third-order valence-electron chi connectivity index (χ3n) is 4.03. The minimum absolute atomic E-state index is 0.0122. The topological polar surface area (TPSA) is 150 Å². The van der Waals surface area contributed by atoms with Crippen LogP contribution in [-0.2, 0) is 6.61 Å². The van der Waals surface area contributed by atoms with Gasteiger partial charge in [0.1, 0.15) is 23.2 Å². The smallest absolute Gasteiger partial charge is 0.264 e. The average Bonchev–Trinajstić information content (AvgIpc) is 3.22. The standard InChI is InChI=1S/C20H15N7O2/c21-10-15-17(25-20(23)26-18(15)22)12-5-4-6-13(9-12)19-24-16(29-27-19)11-28-14-7-2-1-3-8-14/h1-9H,11H2,(H4,22,23,25,26). The monoisotopic (exact) mass is 385 g/mol. The van der Waals surface area contributed by atoms with Crippen molar-refractivity contribution in [1.82, 2.24) is 20.1 Å². The van der Waals surface area contributed by atoms with Gasteiger partial charge in [0.15, 0.2) is 6.61 Å². The first-order valence-electron chi connectivity index (χ1n) is 8.58. The van der Waals surface area contributed by atoms with Crippen LogP contribution in [0.4, 0.5) is 11.8 Å². The van der Waals surface area contributed by atoms with Gasteiger partial charge in [0, 0.05) is 11.1 Å². The van der Waals surface area contributed by atoms with E-state index in [1.807, 2.05) is 42.5 Å². The first kappa shape index (κ1) is 17.9. The number of nitrogens with zero attached hydrogens (tertiary/aromatic N) is 5. The molecule has 0 amide bonds. The fourth-order valence-electron chi connectivity index (χ4n) is 2.71. The number of nitrogen functional groups attached to an aromatic ring is 2. The molecule has 0 saturated carbocycles. The molecule has 0 aliphatic heterocycles. The summed E-state index contributed by atoms with van der Waals surface area (Å²) in [4.78, 5) is 12.3. The zero-order valence-corrected chi connectivity index (χ0v) is 15.1. The number of para-hydroxylation sites is 1. The van der Waals surface area contributed by atoms with Crippen molar-refractivity contribution >= 4 is 11.8 Å². The zero-order valence-electron chi connectivity index (χ0n) is 15.1. The summed E-state index contributed by atoms with van der Waals surface area (Å²) in [7, 11) is 0. The van der Waals surface area contributed by atoms with E-state index in [4.69, 9.17) is 20.7 Å². The highest BCUT2D eigenvalue weighted by Crippen LogP contribution is 2.28. The van der Waals surface area contributed by atoms with Gasteiger partial charge >= 0.3 is 0 Å². The van der Waals surface area contributed by atoms with E-state index in [2.05, 4.69) is 20.1 Å². The number of ether oxygens (including phenoxy) is 1.